The molecular weight excluding hydrogens is 196 g/mol. The van der Waals surface area contributed by atoms with Gasteiger partial charge in [-0.05, 0) is 0 Å². The summed E-state index contributed by atoms with van der Waals surface area (Å²) in [6, 6.07) is 0. The third-order valence-corrected chi connectivity index (χ3v) is 0.806. The zero-order chi connectivity index (χ0) is 11.6. The molecule has 0 rings (SSSR count). The molecule has 14 heavy (non-hydrogen) atoms. The van der Waals surface area contributed by atoms with E-state index in [1.54, 1.807) is 0 Å². The lowest BCUT2D eigenvalue weighted by molar-refractivity contribution is -0.143. The van der Waals surface area contributed by atoms with Crippen LogP contribution in [-0.2, 0) is 14.4 Å². The largest absolute Gasteiger partial charge is 0.481 e. The molecule has 0 bridgehead atoms. The second-order valence-electron chi connectivity index (χ2n) is 2.06. The Bertz CT molecular complexity index is 190. The van der Waals surface area contributed by atoms with Crippen molar-refractivity contribution in [2.75, 3.05) is 6.54 Å². The number of nitrogens with one attached hydrogen (secondary N) is 1. The fraction of sp³-hybridized carbons (Fsp3) is 0.500. The Morgan fingerprint density at radius 2 is 1.29 bits per heavy atom. The average molecular weight is 208 g/mol. The van der Waals surface area contributed by atoms with Crippen molar-refractivity contribution < 1.29 is 29.7 Å². The highest BCUT2D eigenvalue weighted by Gasteiger charge is 2.00. The molecule has 0 aromatic carbocycles. The van der Waals surface area contributed by atoms with Crippen molar-refractivity contribution in [3.8, 4) is 0 Å². The van der Waals surface area contributed by atoms with E-state index in [1.807, 2.05) is 5.43 Å². The quantitative estimate of drug-likeness (QED) is 0.269. The molecule has 0 aromatic rings. The highest BCUT2D eigenvalue weighted by atomic mass is 16.4. The first-order valence-electron chi connectivity index (χ1n) is 3.49. The Balaban J connectivity index is 0. The molecule has 0 spiro atoms. The second-order valence-corrected chi connectivity index (χ2v) is 2.06. The van der Waals surface area contributed by atoms with E-state index in [0.29, 0.717) is 0 Å². The molecule has 8 nitrogen and oxygen atoms in total. The molecule has 0 fully saturated rings. The van der Waals surface area contributed by atoms with Gasteiger partial charge in [-0.1, -0.05) is 0 Å². The molecule has 0 unspecified atom stereocenters. The number of hydrogen-bond acceptors (Lipinski definition) is 5. The topological polar surface area (TPSA) is 150 Å². The van der Waals surface area contributed by atoms with Gasteiger partial charge in [0.25, 0.3) is 0 Å². The van der Waals surface area contributed by atoms with Crippen LogP contribution >= 0.6 is 0 Å². The summed E-state index contributed by atoms with van der Waals surface area (Å²) in [5.74, 6) is 1.50. The third-order valence-electron chi connectivity index (χ3n) is 0.806. The van der Waals surface area contributed by atoms with Crippen LogP contribution in [0.5, 0.6) is 0 Å². The van der Waals surface area contributed by atoms with Gasteiger partial charge in [-0.25, -0.2) is 5.43 Å². The summed E-state index contributed by atoms with van der Waals surface area (Å²) < 4.78 is 0. The number of aliphatic carboxylic acids is 3. The number of carboxylic acid groups (broad SMARTS) is 3. The predicted octanol–water partition coefficient (Wildman–Crippen LogP) is -1.53. The number of nitrogens with two attached hydrogens (primary N) is 1. The maximum atomic E-state index is 9.64. The van der Waals surface area contributed by atoms with E-state index in [2.05, 4.69) is 5.84 Å². The molecule has 0 aliphatic heterocycles. The van der Waals surface area contributed by atoms with Gasteiger partial charge in [-0.15, -0.1) is 0 Å². The van der Waals surface area contributed by atoms with Gasteiger partial charge in [0.2, 0.25) is 0 Å². The normalized spacial score (nSPS) is 8.36. The zero-order valence-corrected chi connectivity index (χ0v) is 7.27. The molecule has 82 valence electrons. The Hall–Kier alpha value is -1.67. The smallest absolute Gasteiger partial charge is 0.318 e. The lowest BCUT2D eigenvalue weighted by Crippen LogP contribution is -2.28. The summed E-state index contributed by atoms with van der Waals surface area (Å²) in [6.07, 6.45) is -0.593. The van der Waals surface area contributed by atoms with Crippen LogP contribution in [0.3, 0.4) is 0 Å². The van der Waals surface area contributed by atoms with Crippen molar-refractivity contribution >= 4 is 17.9 Å². The Morgan fingerprint density at radius 3 is 1.36 bits per heavy atom. The maximum absolute atomic E-state index is 9.64. The van der Waals surface area contributed by atoms with Crippen LogP contribution in [0.25, 0.3) is 0 Å². The van der Waals surface area contributed by atoms with E-state index in [-0.39, 0.29) is 19.4 Å². The second kappa shape index (κ2) is 9.42. The van der Waals surface area contributed by atoms with Gasteiger partial charge in [0.05, 0.1) is 12.8 Å². The molecule has 0 atom stereocenters. The fourth-order valence-corrected chi connectivity index (χ4v) is 0.301. The molecule has 0 aromatic heterocycles. The number of carbonyl (C=O) groups is 3. The maximum Gasteiger partial charge on any atom is 0.318 e. The lowest BCUT2D eigenvalue weighted by Gasteiger charge is -1.85. The van der Waals surface area contributed by atoms with Crippen molar-refractivity contribution in [2.45, 2.75) is 12.8 Å². The van der Waals surface area contributed by atoms with E-state index < -0.39 is 17.9 Å². The third kappa shape index (κ3) is 22.4. The molecule has 8 heteroatoms. The molecule has 0 heterocycles. The molecule has 0 saturated carbocycles. The summed E-state index contributed by atoms with van der Waals surface area (Å²) in [5, 5.41) is 23.6. The van der Waals surface area contributed by atoms with Crippen molar-refractivity contribution in [1.29, 1.82) is 0 Å². The molecule has 0 aliphatic carbocycles. The first-order valence-corrected chi connectivity index (χ1v) is 3.49. The molecule has 0 saturated heterocycles. The summed E-state index contributed by atoms with van der Waals surface area (Å²) in [5.41, 5.74) is 1.97. The first kappa shape index (κ1) is 14.8. The van der Waals surface area contributed by atoms with Gasteiger partial charge in [-0.3, -0.25) is 20.2 Å². The summed E-state index contributed by atoms with van der Waals surface area (Å²) >= 11 is 0. The fourth-order valence-electron chi connectivity index (χ4n) is 0.301. The standard InChI is InChI=1S/C4H6O4.C2H6N2O2/c5-3(6)1-2-4(7)8;3-4-1-2(5)6/h1-2H2,(H,5,6)(H,7,8);4H,1,3H2,(H,5,6). The van der Waals surface area contributed by atoms with Crippen LogP contribution in [0.1, 0.15) is 12.8 Å². The van der Waals surface area contributed by atoms with Gasteiger partial charge in [0, 0.05) is 0 Å². The van der Waals surface area contributed by atoms with Gasteiger partial charge in [0.15, 0.2) is 0 Å². The van der Waals surface area contributed by atoms with Crippen LogP contribution < -0.4 is 11.3 Å². The molecule has 0 aliphatic rings. The molecule has 0 amide bonds. The summed E-state index contributed by atoms with van der Waals surface area (Å²) in [7, 11) is 0. The summed E-state index contributed by atoms with van der Waals surface area (Å²) in [4.78, 5) is 28.7. The Labute approximate surface area is 79.3 Å². The van der Waals surface area contributed by atoms with Crippen LogP contribution in [0, 0.1) is 0 Å². The van der Waals surface area contributed by atoms with E-state index in [1.165, 1.54) is 0 Å². The lowest BCUT2D eigenvalue weighted by atomic mass is 10.3. The van der Waals surface area contributed by atoms with Crippen LogP contribution in [0.2, 0.25) is 0 Å². The van der Waals surface area contributed by atoms with Crippen LogP contribution in [-0.4, -0.2) is 39.8 Å². The van der Waals surface area contributed by atoms with Gasteiger partial charge >= 0.3 is 17.9 Å². The average Bonchev–Trinajstić information content (AvgIpc) is 2.01. The highest BCUT2D eigenvalue weighted by molar-refractivity contribution is 5.75. The van der Waals surface area contributed by atoms with E-state index >= 15 is 0 Å². The van der Waals surface area contributed by atoms with Crippen LogP contribution in [0.4, 0.5) is 0 Å². The number of hydrogen-bond donors (Lipinski definition) is 5. The van der Waals surface area contributed by atoms with Gasteiger partial charge < -0.3 is 15.3 Å². The van der Waals surface area contributed by atoms with Gasteiger partial charge in [-0.2, -0.15) is 0 Å². The Kier molecular flexibility index (Phi) is 9.98. The minimum absolute atomic E-state index is 0.181. The van der Waals surface area contributed by atoms with E-state index in [4.69, 9.17) is 15.3 Å². The molecule has 6 N–H and O–H groups in total. The van der Waals surface area contributed by atoms with E-state index in [9.17, 15) is 14.4 Å². The predicted molar refractivity (Wildman–Crippen MR) is 44.3 cm³/mol. The monoisotopic (exact) mass is 208 g/mol. The first-order chi connectivity index (χ1) is 6.40. The number of hydrazine groups is 1. The minimum Gasteiger partial charge on any atom is -0.481 e. The van der Waals surface area contributed by atoms with Crippen molar-refractivity contribution in [3.63, 3.8) is 0 Å². The summed E-state index contributed by atoms with van der Waals surface area (Å²) in [6.45, 7) is -0.181. The van der Waals surface area contributed by atoms with Crippen LogP contribution in [0.15, 0.2) is 0 Å². The number of carboxylic acids is 3. The van der Waals surface area contributed by atoms with Crippen molar-refractivity contribution in [1.82, 2.24) is 5.43 Å². The van der Waals surface area contributed by atoms with Gasteiger partial charge in [0.1, 0.15) is 6.54 Å². The highest BCUT2D eigenvalue weighted by Crippen LogP contribution is 1.86. The van der Waals surface area contributed by atoms with Crippen molar-refractivity contribution in [2.24, 2.45) is 5.84 Å². The molecule has 0 radical (unpaired) electrons. The SMILES string of the molecule is NNCC(=O)O.O=C(O)CCC(=O)O. The molecular formula is C6H12N2O6. The minimum atomic E-state index is -1.08. The Morgan fingerprint density at radius 1 is 0.929 bits per heavy atom. The number of rotatable bonds is 5. The van der Waals surface area contributed by atoms with Crippen molar-refractivity contribution in [3.05, 3.63) is 0 Å². The van der Waals surface area contributed by atoms with E-state index in [0.717, 1.165) is 0 Å². The zero-order valence-electron chi connectivity index (χ0n) is 7.27.